The fourth-order valence-electron chi connectivity index (χ4n) is 9.23. The number of carbonyl (C=O) groups excluding carboxylic acids is 2. The van der Waals surface area contributed by atoms with Gasteiger partial charge in [0.1, 0.15) is 17.3 Å². The minimum absolute atomic E-state index is 0.126. The van der Waals surface area contributed by atoms with Crippen LogP contribution >= 0.6 is 11.3 Å². The van der Waals surface area contributed by atoms with Gasteiger partial charge in [-0.3, -0.25) is 4.90 Å². The molecule has 5 aromatic rings. The Kier molecular flexibility index (Phi) is 12.8. The predicted molar refractivity (Wildman–Crippen MR) is 247 cm³/mol. The van der Waals surface area contributed by atoms with Crippen molar-refractivity contribution in [2.45, 2.75) is 135 Å². The number of amides is 1. The molecule has 338 valence electrons. The van der Waals surface area contributed by atoms with Crippen molar-refractivity contribution >= 4 is 53.1 Å². The van der Waals surface area contributed by atoms with Gasteiger partial charge in [-0.1, -0.05) is 111 Å². The molecule has 2 aliphatic heterocycles. The van der Waals surface area contributed by atoms with E-state index in [-0.39, 0.29) is 18.2 Å². The SMILES string of the molecule is C[C@@H]1C[C@@H](Oc2ncc([C@@H]3c4c(c5ccccc5n4C(=O)OC(C)(C)C)C[C@@H](C)N3CC(F)(F)CO[Si](c3ccccc3)(c3ccccc3)C(C)(C)C)s2)CN1C(=O)OC(C)(C)C. The Labute approximate surface area is 375 Å². The molecule has 0 bridgehead atoms. The lowest BCUT2D eigenvalue weighted by atomic mass is 9.91. The van der Waals surface area contributed by atoms with Gasteiger partial charge in [-0.05, 0) is 88.9 Å². The number of benzene rings is 3. The van der Waals surface area contributed by atoms with Crippen LogP contribution in [-0.2, 0) is 20.3 Å². The number of halogens is 2. The van der Waals surface area contributed by atoms with Gasteiger partial charge in [-0.25, -0.2) is 27.9 Å². The second kappa shape index (κ2) is 17.4. The molecule has 0 N–H and O–H groups in total. The largest absolute Gasteiger partial charge is 0.465 e. The minimum atomic E-state index is -3.34. The topological polar surface area (TPSA) is 95.4 Å². The fourth-order valence-corrected chi connectivity index (χ4v) is 14.8. The van der Waals surface area contributed by atoms with Gasteiger partial charge in [-0.2, -0.15) is 0 Å². The molecule has 0 aliphatic carbocycles. The van der Waals surface area contributed by atoms with Crippen molar-refractivity contribution in [3.05, 3.63) is 107 Å². The molecule has 3 aromatic carbocycles. The van der Waals surface area contributed by atoms with Crippen LogP contribution < -0.4 is 15.1 Å². The molecule has 7 rings (SSSR count). The number of hydrogen-bond acceptors (Lipinski definition) is 9. The maximum absolute atomic E-state index is 17.3. The number of hydrogen-bond donors (Lipinski definition) is 0. The van der Waals surface area contributed by atoms with Crippen molar-refractivity contribution < 1.29 is 37.0 Å². The highest BCUT2D eigenvalue weighted by molar-refractivity contribution is 7.13. The summed E-state index contributed by atoms with van der Waals surface area (Å²) in [7, 11) is -3.31. The number of likely N-dealkylation sites (tertiary alicyclic amines) is 1. The molecular weight excluding hydrogens is 839 g/mol. The summed E-state index contributed by atoms with van der Waals surface area (Å²) in [6.45, 7) is 19.9. The van der Waals surface area contributed by atoms with Gasteiger partial charge in [0.2, 0.25) is 0 Å². The number of para-hydroxylation sites is 1. The third kappa shape index (κ3) is 9.74. The highest BCUT2D eigenvalue weighted by Gasteiger charge is 2.53. The molecule has 4 atom stereocenters. The van der Waals surface area contributed by atoms with Crippen molar-refractivity contribution in [3.8, 4) is 5.19 Å². The number of carbonyl (C=O) groups is 2. The Hall–Kier alpha value is -4.63. The summed E-state index contributed by atoms with van der Waals surface area (Å²) in [4.78, 5) is 36.2. The van der Waals surface area contributed by atoms with E-state index in [1.165, 1.54) is 11.3 Å². The smallest absolute Gasteiger partial charge is 0.419 e. The van der Waals surface area contributed by atoms with E-state index in [1.807, 2.05) is 140 Å². The Balaban J connectivity index is 1.27. The summed E-state index contributed by atoms with van der Waals surface area (Å²) in [5.74, 6) is -3.34. The first-order chi connectivity index (χ1) is 29.5. The molecule has 63 heavy (non-hydrogen) atoms. The van der Waals surface area contributed by atoms with E-state index in [0.717, 1.165) is 21.3 Å². The molecule has 2 aliphatic rings. The second-order valence-electron chi connectivity index (χ2n) is 20.1. The molecule has 0 spiro atoms. The first-order valence-electron chi connectivity index (χ1n) is 21.8. The normalized spacial score (nSPS) is 20.2. The Morgan fingerprint density at radius 2 is 1.37 bits per heavy atom. The van der Waals surface area contributed by atoms with Crippen LogP contribution in [0.5, 0.6) is 5.19 Å². The van der Waals surface area contributed by atoms with E-state index < -0.39 is 61.9 Å². The third-order valence-corrected chi connectivity index (χ3v) is 17.7. The highest BCUT2D eigenvalue weighted by Crippen LogP contribution is 2.47. The first kappa shape index (κ1) is 46.4. The van der Waals surface area contributed by atoms with Crippen LogP contribution in [0.2, 0.25) is 5.04 Å². The van der Waals surface area contributed by atoms with Gasteiger partial charge in [0.25, 0.3) is 19.4 Å². The van der Waals surface area contributed by atoms with Crippen molar-refractivity contribution in [3.63, 3.8) is 0 Å². The lowest BCUT2D eigenvalue weighted by Gasteiger charge is -2.45. The number of thiazole rings is 1. The highest BCUT2D eigenvalue weighted by atomic mass is 32.1. The fraction of sp³-hybridized carbons (Fsp3) is 0.490. The Bertz CT molecular complexity index is 2370. The standard InChI is InChI=1S/C49H62F2N4O6SSi/c1-32-26-34(29-53(32)44(56)60-46(3,4)5)59-43-52-28-40(62-43)42-41-38(37-24-18-19-25-39(37)55(41)45(57)61-47(6,7)8)27-33(2)54(42)30-49(50,51)31-58-63(48(9,10)11,35-20-14-12-15-21-35)36-22-16-13-17-23-36/h12-25,28,32-34,42H,26-27,29-31H2,1-11H3/t32-,33-,34-,42-/m1/s1. The van der Waals surface area contributed by atoms with Gasteiger partial charge >= 0.3 is 12.2 Å². The van der Waals surface area contributed by atoms with Crippen LogP contribution in [0.25, 0.3) is 10.9 Å². The third-order valence-electron chi connectivity index (χ3n) is 11.8. The van der Waals surface area contributed by atoms with Crippen molar-refractivity contribution in [1.29, 1.82) is 0 Å². The number of aromatic nitrogens is 2. The van der Waals surface area contributed by atoms with E-state index in [2.05, 4.69) is 20.8 Å². The van der Waals surface area contributed by atoms with Crippen molar-refractivity contribution in [1.82, 2.24) is 19.4 Å². The molecule has 4 heterocycles. The average Bonchev–Trinajstić information content (AvgIpc) is 3.89. The second-order valence-corrected chi connectivity index (χ2v) is 25.4. The molecule has 14 heteroatoms. The number of ether oxygens (including phenoxy) is 3. The van der Waals surface area contributed by atoms with Gasteiger partial charge in [0.05, 0.1) is 41.8 Å². The van der Waals surface area contributed by atoms with E-state index in [9.17, 15) is 9.59 Å². The van der Waals surface area contributed by atoms with E-state index in [1.54, 1.807) is 20.6 Å². The predicted octanol–water partition coefficient (Wildman–Crippen LogP) is 10.2. The maximum Gasteiger partial charge on any atom is 0.419 e. The zero-order chi connectivity index (χ0) is 45.7. The van der Waals surface area contributed by atoms with E-state index >= 15 is 8.78 Å². The van der Waals surface area contributed by atoms with Gasteiger partial charge in [0, 0.05) is 30.1 Å². The summed E-state index contributed by atoms with van der Waals surface area (Å²) in [5.41, 5.74) is 0.627. The molecule has 1 saturated heterocycles. The zero-order valence-electron chi connectivity index (χ0n) is 38.4. The summed E-state index contributed by atoms with van der Waals surface area (Å²) in [6, 6.07) is 25.9. The van der Waals surface area contributed by atoms with Gasteiger partial charge in [0.15, 0.2) is 0 Å². The molecule has 1 amide bonds. The number of alkyl halides is 2. The molecule has 0 unspecified atom stereocenters. The molecule has 1 fully saturated rings. The van der Waals surface area contributed by atoms with Crippen molar-refractivity contribution in [2.75, 3.05) is 19.7 Å². The lowest BCUT2D eigenvalue weighted by Crippen LogP contribution is -2.67. The van der Waals surface area contributed by atoms with Gasteiger partial charge < -0.3 is 23.5 Å². The summed E-state index contributed by atoms with van der Waals surface area (Å²) < 4.78 is 61.1. The average molecular weight is 901 g/mol. The summed E-state index contributed by atoms with van der Waals surface area (Å²) in [6.07, 6.45) is 1.28. The Morgan fingerprint density at radius 1 is 0.794 bits per heavy atom. The van der Waals surface area contributed by atoms with Crippen LogP contribution in [0.4, 0.5) is 18.4 Å². The van der Waals surface area contributed by atoms with E-state index in [0.29, 0.717) is 40.7 Å². The molecule has 2 aromatic heterocycles. The molecule has 10 nitrogen and oxygen atoms in total. The number of rotatable bonds is 10. The molecule has 0 radical (unpaired) electrons. The monoisotopic (exact) mass is 900 g/mol. The van der Waals surface area contributed by atoms with Crippen molar-refractivity contribution in [2.24, 2.45) is 0 Å². The minimum Gasteiger partial charge on any atom is -0.465 e. The van der Waals surface area contributed by atoms with Crippen LogP contribution in [0.15, 0.2) is 91.1 Å². The lowest BCUT2D eigenvalue weighted by molar-refractivity contribution is -0.0820. The summed E-state index contributed by atoms with van der Waals surface area (Å²) >= 11 is 1.26. The van der Waals surface area contributed by atoms with Crippen LogP contribution in [-0.4, -0.2) is 94.9 Å². The molecule has 0 saturated carbocycles. The van der Waals surface area contributed by atoms with Gasteiger partial charge in [-0.15, -0.1) is 0 Å². The Morgan fingerprint density at radius 3 is 1.95 bits per heavy atom. The number of nitrogens with zero attached hydrogens (tertiary/aromatic N) is 4. The zero-order valence-corrected chi connectivity index (χ0v) is 40.2. The van der Waals surface area contributed by atoms with Crippen LogP contribution in [0.1, 0.15) is 105 Å². The van der Waals surface area contributed by atoms with E-state index in [4.69, 9.17) is 23.6 Å². The number of fused-ring (bicyclic) bond motifs is 3. The van der Waals surface area contributed by atoms with Crippen LogP contribution in [0.3, 0.4) is 0 Å². The first-order valence-corrected chi connectivity index (χ1v) is 24.6. The van der Waals surface area contributed by atoms with Crippen LogP contribution in [0, 0.1) is 0 Å². The molecular formula is C49H62F2N4O6SSi. The maximum atomic E-state index is 17.3. The quantitative estimate of drug-likeness (QED) is 0.128. The summed E-state index contributed by atoms with van der Waals surface area (Å²) in [5, 5.41) is 2.53.